The average molecular weight is 381 g/mol. The van der Waals surface area contributed by atoms with Crippen molar-refractivity contribution in [3.8, 4) is 0 Å². The molecular formula is C22H28FN5. The van der Waals surface area contributed by atoms with Crippen LogP contribution in [0.2, 0.25) is 0 Å². The van der Waals surface area contributed by atoms with E-state index in [1.54, 1.807) is 0 Å². The summed E-state index contributed by atoms with van der Waals surface area (Å²) in [5.41, 5.74) is 3.32. The average Bonchev–Trinajstić information content (AvgIpc) is 3.12. The molecule has 3 aromatic rings. The number of nitrogens with zero attached hydrogens (tertiary/aromatic N) is 4. The van der Waals surface area contributed by atoms with Crippen molar-refractivity contribution in [2.24, 2.45) is 0 Å². The van der Waals surface area contributed by atoms with Crippen molar-refractivity contribution in [3.05, 3.63) is 48.3 Å². The fourth-order valence-electron chi connectivity index (χ4n) is 4.03. The zero-order chi connectivity index (χ0) is 19.3. The maximum Gasteiger partial charge on any atom is 0.229 e. The summed E-state index contributed by atoms with van der Waals surface area (Å²) in [7, 11) is 0. The van der Waals surface area contributed by atoms with Crippen LogP contribution in [0.3, 0.4) is 0 Å². The molecule has 3 heterocycles. The quantitative estimate of drug-likeness (QED) is 0.642. The summed E-state index contributed by atoms with van der Waals surface area (Å²) in [6.07, 6.45) is 7.21. The lowest BCUT2D eigenvalue weighted by Gasteiger charge is -2.31. The normalized spacial score (nSPS) is 15.9. The summed E-state index contributed by atoms with van der Waals surface area (Å²) < 4.78 is 14.7. The zero-order valence-electron chi connectivity index (χ0n) is 16.4. The number of aryl methyl sites for hydroxylation is 1. The van der Waals surface area contributed by atoms with Crippen molar-refractivity contribution < 1.29 is 4.39 Å². The molecule has 1 fully saturated rings. The van der Waals surface area contributed by atoms with Gasteiger partial charge < -0.3 is 14.8 Å². The van der Waals surface area contributed by atoms with E-state index in [0.29, 0.717) is 18.4 Å². The van der Waals surface area contributed by atoms with Gasteiger partial charge in [0.15, 0.2) is 0 Å². The third-order valence-corrected chi connectivity index (χ3v) is 5.59. The highest BCUT2D eigenvalue weighted by Gasteiger charge is 2.20. The second-order valence-electron chi connectivity index (χ2n) is 7.53. The third-order valence-electron chi connectivity index (χ3n) is 5.59. The number of halogens is 1. The van der Waals surface area contributed by atoms with Crippen LogP contribution in [0.1, 0.15) is 37.7 Å². The minimum Gasteiger partial charge on any atom is -0.332 e. The highest BCUT2D eigenvalue weighted by atomic mass is 19.1. The molecule has 0 amide bonds. The van der Waals surface area contributed by atoms with Crippen molar-refractivity contribution in [1.29, 1.82) is 0 Å². The second-order valence-corrected chi connectivity index (χ2v) is 7.53. The molecule has 0 spiro atoms. The molecule has 6 heteroatoms. The van der Waals surface area contributed by atoms with E-state index >= 15 is 0 Å². The molecule has 0 saturated carbocycles. The van der Waals surface area contributed by atoms with Crippen LogP contribution in [0.4, 0.5) is 16.0 Å². The highest BCUT2D eigenvalue weighted by molar-refractivity contribution is 5.76. The molecule has 5 nitrogen and oxygen atoms in total. The summed E-state index contributed by atoms with van der Waals surface area (Å²) >= 11 is 0. The molecule has 1 aromatic carbocycles. The van der Waals surface area contributed by atoms with Gasteiger partial charge in [0, 0.05) is 36.6 Å². The molecule has 1 N–H and O–H groups in total. The number of piperidine rings is 1. The van der Waals surface area contributed by atoms with Crippen LogP contribution in [0.15, 0.2) is 42.7 Å². The van der Waals surface area contributed by atoms with Crippen LogP contribution in [-0.4, -0.2) is 45.7 Å². The number of nitrogens with one attached hydrogen (secondary N) is 1. The third kappa shape index (κ3) is 4.17. The van der Waals surface area contributed by atoms with Crippen molar-refractivity contribution in [2.75, 3.05) is 31.6 Å². The van der Waals surface area contributed by atoms with Crippen molar-refractivity contribution in [2.45, 2.75) is 38.6 Å². The van der Waals surface area contributed by atoms with Gasteiger partial charge in [-0.3, -0.25) is 0 Å². The van der Waals surface area contributed by atoms with Crippen LogP contribution >= 0.6 is 0 Å². The molecule has 0 bridgehead atoms. The number of aromatic nitrogens is 3. The first-order valence-corrected chi connectivity index (χ1v) is 10.2. The van der Waals surface area contributed by atoms with E-state index in [4.69, 9.17) is 4.98 Å². The maximum atomic E-state index is 12.5. The van der Waals surface area contributed by atoms with Crippen LogP contribution < -0.4 is 5.32 Å². The lowest BCUT2D eigenvalue weighted by atomic mass is 9.89. The summed E-state index contributed by atoms with van der Waals surface area (Å²) in [5, 5.41) is 4.39. The Morgan fingerprint density at radius 2 is 1.89 bits per heavy atom. The summed E-state index contributed by atoms with van der Waals surface area (Å²) in [5.74, 6) is 1.19. The van der Waals surface area contributed by atoms with Crippen molar-refractivity contribution >= 4 is 22.7 Å². The Labute approximate surface area is 165 Å². The van der Waals surface area contributed by atoms with E-state index in [2.05, 4.69) is 63.2 Å². The monoisotopic (exact) mass is 381 g/mol. The molecule has 0 unspecified atom stereocenters. The number of alkyl halides is 1. The molecule has 0 aliphatic carbocycles. The van der Waals surface area contributed by atoms with E-state index in [1.807, 2.05) is 6.20 Å². The van der Waals surface area contributed by atoms with Gasteiger partial charge in [-0.1, -0.05) is 19.1 Å². The first kappa shape index (κ1) is 18.9. The van der Waals surface area contributed by atoms with Crippen molar-refractivity contribution in [3.63, 3.8) is 0 Å². The van der Waals surface area contributed by atoms with Gasteiger partial charge in [-0.2, -0.15) is 4.98 Å². The smallest absolute Gasteiger partial charge is 0.229 e. The Hall–Kier alpha value is -2.47. The minimum atomic E-state index is -0.248. The van der Waals surface area contributed by atoms with Crippen LogP contribution in [-0.2, 0) is 6.54 Å². The number of hydrogen-bond acceptors (Lipinski definition) is 4. The Balaban J connectivity index is 1.42. The second kappa shape index (κ2) is 8.69. The number of benzene rings is 1. The van der Waals surface area contributed by atoms with Gasteiger partial charge >= 0.3 is 0 Å². The SMILES string of the molecule is CCCn1ccc2cnc(Nc3ccc(C4CCN(CCF)CC4)cc3)nc21. The molecule has 148 valence electrons. The number of anilines is 2. The van der Waals surface area contributed by atoms with Crippen molar-refractivity contribution in [1.82, 2.24) is 19.4 Å². The van der Waals surface area contributed by atoms with Gasteiger partial charge in [0.2, 0.25) is 5.95 Å². The molecule has 0 radical (unpaired) electrons. The topological polar surface area (TPSA) is 46.0 Å². The first-order valence-electron chi connectivity index (χ1n) is 10.2. The summed E-state index contributed by atoms with van der Waals surface area (Å²) in [6, 6.07) is 10.6. The van der Waals surface area contributed by atoms with Gasteiger partial charge in [-0.25, -0.2) is 9.37 Å². The maximum absolute atomic E-state index is 12.5. The Bertz CT molecular complexity index is 897. The minimum absolute atomic E-state index is 0.248. The van der Waals surface area contributed by atoms with Gasteiger partial charge in [0.1, 0.15) is 12.3 Å². The summed E-state index contributed by atoms with van der Waals surface area (Å²) in [4.78, 5) is 11.4. The molecule has 28 heavy (non-hydrogen) atoms. The molecule has 1 aliphatic heterocycles. The highest BCUT2D eigenvalue weighted by Crippen LogP contribution is 2.29. The van der Waals surface area contributed by atoms with E-state index < -0.39 is 0 Å². The largest absolute Gasteiger partial charge is 0.332 e. The number of rotatable bonds is 7. The fraction of sp³-hybridized carbons (Fsp3) is 0.455. The van der Waals surface area contributed by atoms with Crippen LogP contribution in [0.5, 0.6) is 0 Å². The lowest BCUT2D eigenvalue weighted by Crippen LogP contribution is -2.34. The predicted molar refractivity (Wildman–Crippen MR) is 112 cm³/mol. The Kier molecular flexibility index (Phi) is 5.86. The van der Waals surface area contributed by atoms with Crippen LogP contribution in [0.25, 0.3) is 11.0 Å². The molecule has 1 aliphatic rings. The van der Waals surface area contributed by atoms with E-state index in [-0.39, 0.29) is 6.67 Å². The molecule has 2 aromatic heterocycles. The molecule has 4 rings (SSSR count). The molecule has 1 saturated heterocycles. The van der Waals surface area contributed by atoms with Crippen LogP contribution in [0, 0.1) is 0 Å². The first-order chi connectivity index (χ1) is 13.8. The van der Waals surface area contributed by atoms with Gasteiger partial charge in [-0.15, -0.1) is 0 Å². The van der Waals surface area contributed by atoms with Gasteiger partial charge in [0.25, 0.3) is 0 Å². The molecule has 0 atom stereocenters. The number of fused-ring (bicyclic) bond motifs is 1. The Morgan fingerprint density at radius 1 is 1.11 bits per heavy atom. The predicted octanol–water partition coefficient (Wildman–Crippen LogP) is 4.73. The van der Waals surface area contributed by atoms with E-state index in [1.165, 1.54) is 5.56 Å². The lowest BCUT2D eigenvalue weighted by molar-refractivity contribution is 0.197. The van der Waals surface area contributed by atoms with E-state index in [9.17, 15) is 4.39 Å². The number of hydrogen-bond donors (Lipinski definition) is 1. The summed E-state index contributed by atoms with van der Waals surface area (Å²) in [6.45, 7) is 5.42. The van der Waals surface area contributed by atoms with Gasteiger partial charge in [-0.05, 0) is 62.0 Å². The molecular weight excluding hydrogens is 353 g/mol. The fourth-order valence-corrected chi connectivity index (χ4v) is 4.03. The Morgan fingerprint density at radius 3 is 2.61 bits per heavy atom. The van der Waals surface area contributed by atoms with E-state index in [0.717, 1.165) is 55.6 Å². The van der Waals surface area contributed by atoms with Gasteiger partial charge in [0.05, 0.1) is 0 Å². The zero-order valence-corrected chi connectivity index (χ0v) is 16.4. The standard InChI is InChI=1S/C22H28FN5/c1-2-11-28-14-9-19-16-24-22(26-21(19)28)25-20-5-3-17(4-6-20)18-7-12-27(13-8-18)15-10-23/h3-6,9,14,16,18H,2,7-8,10-13,15H2,1H3,(H,24,25,26). The number of likely N-dealkylation sites (tertiary alicyclic amines) is 1.